The van der Waals surface area contributed by atoms with Crippen molar-refractivity contribution < 1.29 is 0 Å². The lowest BCUT2D eigenvalue weighted by Gasteiger charge is -2.41. The van der Waals surface area contributed by atoms with E-state index in [1.807, 2.05) is 6.07 Å². The Morgan fingerprint density at radius 3 is 2.76 bits per heavy atom. The molecule has 96 valence electrons. The summed E-state index contributed by atoms with van der Waals surface area (Å²) >= 11 is 11.2. The van der Waals surface area contributed by atoms with Gasteiger partial charge < -0.3 is 5.73 Å². The van der Waals surface area contributed by atoms with E-state index in [0.717, 1.165) is 8.81 Å². The third-order valence-corrected chi connectivity index (χ3v) is 6.59. The Balaban J connectivity index is 2.21. The van der Waals surface area contributed by atoms with Gasteiger partial charge in [-0.15, -0.1) is 11.3 Å². The second-order valence-electron chi connectivity index (χ2n) is 5.64. The average molecular weight is 337 g/mol. The summed E-state index contributed by atoms with van der Waals surface area (Å²) < 4.78 is 0.998. The standard InChI is InChI=1S/C13H19BrClNS/c1-13(2)6-4-3-5-8(13)11(16)10-7-9(15)12(14)17-10/h7-8,11H,3-6,16H2,1-2H3. The molecule has 1 aromatic rings. The van der Waals surface area contributed by atoms with Crippen LogP contribution in [0.15, 0.2) is 9.85 Å². The molecule has 0 radical (unpaired) electrons. The van der Waals surface area contributed by atoms with E-state index < -0.39 is 0 Å². The van der Waals surface area contributed by atoms with E-state index in [2.05, 4.69) is 29.8 Å². The highest BCUT2D eigenvalue weighted by Crippen LogP contribution is 2.48. The highest BCUT2D eigenvalue weighted by Gasteiger charge is 2.37. The molecule has 1 nitrogen and oxygen atoms in total. The van der Waals surface area contributed by atoms with Crippen LogP contribution in [0, 0.1) is 11.3 Å². The van der Waals surface area contributed by atoms with Crippen LogP contribution in [0.1, 0.15) is 50.4 Å². The summed E-state index contributed by atoms with van der Waals surface area (Å²) in [6, 6.07) is 2.14. The minimum atomic E-state index is 0.124. The molecule has 0 bridgehead atoms. The van der Waals surface area contributed by atoms with Gasteiger partial charge in [-0.2, -0.15) is 0 Å². The van der Waals surface area contributed by atoms with E-state index >= 15 is 0 Å². The Labute approximate surface area is 121 Å². The third kappa shape index (κ3) is 2.89. The van der Waals surface area contributed by atoms with Crippen LogP contribution in [-0.4, -0.2) is 0 Å². The van der Waals surface area contributed by atoms with Crippen molar-refractivity contribution in [3.8, 4) is 0 Å². The molecule has 1 saturated carbocycles. The fraction of sp³-hybridized carbons (Fsp3) is 0.692. The summed E-state index contributed by atoms with van der Waals surface area (Å²) in [6.45, 7) is 4.70. The van der Waals surface area contributed by atoms with Gasteiger partial charge in [-0.05, 0) is 46.2 Å². The van der Waals surface area contributed by atoms with Crippen LogP contribution in [0.4, 0.5) is 0 Å². The molecule has 2 atom stereocenters. The van der Waals surface area contributed by atoms with Gasteiger partial charge in [0.05, 0.1) is 8.81 Å². The van der Waals surface area contributed by atoms with E-state index in [9.17, 15) is 0 Å². The number of halogens is 2. The fourth-order valence-corrected chi connectivity index (χ4v) is 4.73. The maximum Gasteiger partial charge on any atom is 0.0887 e. The van der Waals surface area contributed by atoms with Gasteiger partial charge in [0.15, 0.2) is 0 Å². The zero-order valence-electron chi connectivity index (χ0n) is 10.3. The quantitative estimate of drug-likeness (QED) is 0.771. The van der Waals surface area contributed by atoms with Gasteiger partial charge in [0.25, 0.3) is 0 Å². The molecule has 1 heterocycles. The van der Waals surface area contributed by atoms with Crippen LogP contribution in [0.3, 0.4) is 0 Å². The predicted octanol–water partition coefficient (Wildman–Crippen LogP) is 5.38. The summed E-state index contributed by atoms with van der Waals surface area (Å²) in [5, 5.41) is 0.786. The van der Waals surface area contributed by atoms with Gasteiger partial charge in [0, 0.05) is 10.9 Å². The van der Waals surface area contributed by atoms with Crippen molar-refractivity contribution in [1.82, 2.24) is 0 Å². The molecule has 1 aromatic heterocycles. The number of nitrogens with two attached hydrogens (primary N) is 1. The van der Waals surface area contributed by atoms with Gasteiger partial charge in [-0.25, -0.2) is 0 Å². The average Bonchev–Trinajstić information content (AvgIpc) is 2.58. The van der Waals surface area contributed by atoms with E-state index in [-0.39, 0.29) is 6.04 Å². The highest BCUT2D eigenvalue weighted by molar-refractivity contribution is 9.11. The summed E-state index contributed by atoms with van der Waals surface area (Å²) in [4.78, 5) is 1.21. The molecule has 2 N–H and O–H groups in total. The first-order valence-electron chi connectivity index (χ1n) is 6.12. The van der Waals surface area contributed by atoms with E-state index in [1.54, 1.807) is 11.3 Å². The molecule has 0 aromatic carbocycles. The lowest BCUT2D eigenvalue weighted by atomic mass is 9.66. The monoisotopic (exact) mass is 335 g/mol. The lowest BCUT2D eigenvalue weighted by molar-refractivity contribution is 0.114. The van der Waals surface area contributed by atoms with Crippen molar-refractivity contribution in [2.24, 2.45) is 17.1 Å². The fourth-order valence-electron chi connectivity index (χ4n) is 2.91. The first-order valence-corrected chi connectivity index (χ1v) is 8.11. The molecule has 0 spiro atoms. The molecule has 1 fully saturated rings. The number of thiophene rings is 1. The molecule has 0 amide bonds. The minimum Gasteiger partial charge on any atom is -0.323 e. The number of rotatable bonds is 2. The lowest BCUT2D eigenvalue weighted by Crippen LogP contribution is -2.35. The van der Waals surface area contributed by atoms with Gasteiger partial charge >= 0.3 is 0 Å². The Hall–Kier alpha value is 0.430. The zero-order valence-corrected chi connectivity index (χ0v) is 13.5. The number of hydrogen-bond donors (Lipinski definition) is 1. The highest BCUT2D eigenvalue weighted by atomic mass is 79.9. The Bertz CT molecular complexity index is 383. The predicted molar refractivity (Wildman–Crippen MR) is 79.7 cm³/mol. The van der Waals surface area contributed by atoms with Crippen molar-refractivity contribution in [3.05, 3.63) is 19.8 Å². The van der Waals surface area contributed by atoms with Crippen LogP contribution in [0.25, 0.3) is 0 Å². The normalized spacial score (nSPS) is 25.8. The van der Waals surface area contributed by atoms with E-state index in [1.165, 1.54) is 30.6 Å². The maximum absolute atomic E-state index is 6.46. The van der Waals surface area contributed by atoms with Crippen LogP contribution < -0.4 is 5.73 Å². The zero-order chi connectivity index (χ0) is 12.6. The molecule has 2 unspecified atom stereocenters. The summed E-state index contributed by atoms with van der Waals surface area (Å²) in [6.07, 6.45) is 5.17. The largest absolute Gasteiger partial charge is 0.323 e. The van der Waals surface area contributed by atoms with Gasteiger partial charge in [-0.3, -0.25) is 0 Å². The molecule has 17 heavy (non-hydrogen) atoms. The summed E-state index contributed by atoms with van der Waals surface area (Å²) in [5.74, 6) is 0.567. The molecule has 1 aliphatic carbocycles. The molecule has 0 aliphatic heterocycles. The topological polar surface area (TPSA) is 26.0 Å². The first-order chi connectivity index (χ1) is 7.92. The maximum atomic E-state index is 6.46. The smallest absolute Gasteiger partial charge is 0.0887 e. The number of hydrogen-bond acceptors (Lipinski definition) is 2. The summed E-state index contributed by atoms with van der Waals surface area (Å²) in [5.41, 5.74) is 6.81. The molecular formula is C13H19BrClNS. The molecule has 4 heteroatoms. The SMILES string of the molecule is CC1(C)CCCCC1C(N)c1cc(Cl)c(Br)s1. The minimum absolute atomic E-state index is 0.124. The molecule has 1 aliphatic rings. The van der Waals surface area contributed by atoms with Crippen LogP contribution in [0.2, 0.25) is 5.02 Å². The third-order valence-electron chi connectivity index (χ3n) is 4.02. The van der Waals surface area contributed by atoms with Gasteiger partial charge in [0.2, 0.25) is 0 Å². The first kappa shape index (κ1) is 13.9. The van der Waals surface area contributed by atoms with Crippen LogP contribution >= 0.6 is 38.9 Å². The second-order valence-corrected chi connectivity index (χ2v) is 8.45. The van der Waals surface area contributed by atoms with Crippen LogP contribution in [0.5, 0.6) is 0 Å². The van der Waals surface area contributed by atoms with Crippen LogP contribution in [-0.2, 0) is 0 Å². The van der Waals surface area contributed by atoms with Crippen molar-refractivity contribution in [3.63, 3.8) is 0 Å². The van der Waals surface area contributed by atoms with Crippen molar-refractivity contribution >= 4 is 38.9 Å². The van der Waals surface area contributed by atoms with Crippen molar-refractivity contribution in [2.75, 3.05) is 0 Å². The molecule has 0 saturated heterocycles. The van der Waals surface area contributed by atoms with E-state index in [4.69, 9.17) is 17.3 Å². The Kier molecular flexibility index (Phi) is 4.24. The Morgan fingerprint density at radius 1 is 1.53 bits per heavy atom. The molecular weight excluding hydrogens is 318 g/mol. The van der Waals surface area contributed by atoms with Gasteiger partial charge in [0.1, 0.15) is 0 Å². The van der Waals surface area contributed by atoms with Crippen molar-refractivity contribution in [1.29, 1.82) is 0 Å². The summed E-state index contributed by atoms with van der Waals surface area (Å²) in [7, 11) is 0. The Morgan fingerprint density at radius 2 is 2.24 bits per heavy atom. The van der Waals surface area contributed by atoms with Crippen molar-refractivity contribution in [2.45, 2.75) is 45.6 Å². The van der Waals surface area contributed by atoms with E-state index in [0.29, 0.717) is 11.3 Å². The second kappa shape index (κ2) is 5.20. The van der Waals surface area contributed by atoms with Gasteiger partial charge in [-0.1, -0.05) is 38.3 Å². The molecule has 2 rings (SSSR count).